The summed E-state index contributed by atoms with van der Waals surface area (Å²) >= 11 is 0. The molecule has 28 heavy (non-hydrogen) atoms. The number of hydrogen-bond donors (Lipinski definition) is 2. The van der Waals surface area contributed by atoms with Gasteiger partial charge in [-0.05, 0) is 29.7 Å². The summed E-state index contributed by atoms with van der Waals surface area (Å²) in [5.41, 5.74) is 8.11. The van der Waals surface area contributed by atoms with Gasteiger partial charge < -0.3 is 16.0 Å². The van der Waals surface area contributed by atoms with Gasteiger partial charge in [0.2, 0.25) is 5.91 Å². The topological polar surface area (TPSA) is 95.7 Å². The van der Waals surface area contributed by atoms with Gasteiger partial charge >= 0.3 is 6.03 Å². The van der Waals surface area contributed by atoms with Gasteiger partial charge in [0.15, 0.2) is 0 Å². The van der Waals surface area contributed by atoms with E-state index >= 15 is 0 Å². The molecule has 1 aliphatic rings. The van der Waals surface area contributed by atoms with E-state index in [1.54, 1.807) is 29.2 Å². The van der Waals surface area contributed by atoms with Gasteiger partial charge in [-0.1, -0.05) is 42.5 Å². The van der Waals surface area contributed by atoms with Gasteiger partial charge in [0, 0.05) is 25.2 Å². The Balaban J connectivity index is 1.70. The van der Waals surface area contributed by atoms with E-state index in [1.165, 1.54) is 0 Å². The van der Waals surface area contributed by atoms with Crippen LogP contribution in [0.2, 0.25) is 0 Å². The Morgan fingerprint density at radius 2 is 1.79 bits per heavy atom. The van der Waals surface area contributed by atoms with Crippen molar-refractivity contribution < 1.29 is 14.4 Å². The third-order valence-corrected chi connectivity index (χ3v) is 4.65. The van der Waals surface area contributed by atoms with Crippen molar-refractivity contribution in [2.75, 3.05) is 26.2 Å². The molecular weight excluding hydrogens is 356 g/mol. The second-order valence-corrected chi connectivity index (χ2v) is 6.66. The summed E-state index contributed by atoms with van der Waals surface area (Å²) in [6.45, 7) is 1.57. The van der Waals surface area contributed by atoms with Crippen LogP contribution in [-0.2, 0) is 17.8 Å². The van der Waals surface area contributed by atoms with Gasteiger partial charge in [-0.2, -0.15) is 0 Å². The normalized spacial score (nSPS) is 13.5. The summed E-state index contributed by atoms with van der Waals surface area (Å²) < 4.78 is 0. The van der Waals surface area contributed by atoms with Crippen molar-refractivity contribution in [3.05, 3.63) is 71.3 Å². The Bertz CT molecular complexity index is 838. The molecule has 0 saturated carbocycles. The number of nitrogens with zero attached hydrogens (tertiary/aromatic N) is 2. The number of imide groups is 1. The fraction of sp³-hybridized carbons (Fsp3) is 0.286. The summed E-state index contributed by atoms with van der Waals surface area (Å²) in [5, 5.41) is 2.49. The first-order chi connectivity index (χ1) is 13.6. The molecule has 2 aromatic carbocycles. The number of carbonyl (C=O) groups is 3. The van der Waals surface area contributed by atoms with E-state index in [0.717, 1.165) is 22.4 Å². The third kappa shape index (κ3) is 4.75. The second-order valence-electron chi connectivity index (χ2n) is 6.66. The average molecular weight is 380 g/mol. The first kappa shape index (κ1) is 19.6. The predicted molar refractivity (Wildman–Crippen MR) is 105 cm³/mol. The molecule has 0 radical (unpaired) electrons. The molecule has 1 fully saturated rings. The highest BCUT2D eigenvalue weighted by molar-refractivity contribution is 6.02. The van der Waals surface area contributed by atoms with Crippen LogP contribution >= 0.6 is 0 Å². The van der Waals surface area contributed by atoms with Gasteiger partial charge in [-0.15, -0.1) is 0 Å². The molecule has 146 valence electrons. The van der Waals surface area contributed by atoms with Crippen LogP contribution in [0.3, 0.4) is 0 Å². The van der Waals surface area contributed by atoms with Crippen molar-refractivity contribution in [2.45, 2.75) is 13.0 Å². The van der Waals surface area contributed by atoms with Crippen LogP contribution in [0.25, 0.3) is 0 Å². The minimum Gasteiger partial charge on any atom is -0.337 e. The van der Waals surface area contributed by atoms with Crippen molar-refractivity contribution in [1.29, 1.82) is 0 Å². The zero-order chi connectivity index (χ0) is 19.9. The number of nitrogens with one attached hydrogen (secondary N) is 1. The Morgan fingerprint density at radius 3 is 2.46 bits per heavy atom. The lowest BCUT2D eigenvalue weighted by molar-refractivity contribution is -0.125. The highest BCUT2D eigenvalue weighted by Crippen LogP contribution is 2.13. The molecule has 0 aliphatic carbocycles. The number of carbonyl (C=O) groups excluding carboxylic acids is 3. The first-order valence-corrected chi connectivity index (χ1v) is 9.29. The number of urea groups is 1. The molecule has 3 rings (SSSR count). The Kier molecular flexibility index (Phi) is 6.39. The zero-order valence-corrected chi connectivity index (χ0v) is 15.6. The van der Waals surface area contributed by atoms with Crippen molar-refractivity contribution >= 4 is 17.8 Å². The summed E-state index contributed by atoms with van der Waals surface area (Å²) in [5.74, 6) is -0.380. The molecule has 7 nitrogen and oxygen atoms in total. The molecule has 2 aromatic rings. The molecule has 1 saturated heterocycles. The van der Waals surface area contributed by atoms with E-state index in [1.807, 2.05) is 30.3 Å². The summed E-state index contributed by atoms with van der Waals surface area (Å²) in [6.07, 6.45) is 0.745. The fourth-order valence-electron chi connectivity index (χ4n) is 3.16. The highest BCUT2D eigenvalue weighted by atomic mass is 16.2. The molecule has 0 spiro atoms. The molecule has 4 amide bonds. The maximum Gasteiger partial charge on any atom is 0.324 e. The van der Waals surface area contributed by atoms with Gasteiger partial charge in [0.25, 0.3) is 5.91 Å². The van der Waals surface area contributed by atoms with E-state index in [2.05, 4.69) is 5.32 Å². The van der Waals surface area contributed by atoms with E-state index in [0.29, 0.717) is 25.2 Å². The summed E-state index contributed by atoms with van der Waals surface area (Å²) in [7, 11) is 0. The number of nitrogens with two attached hydrogens (primary N) is 1. The molecule has 0 atom stereocenters. The maximum atomic E-state index is 13.0. The lowest BCUT2D eigenvalue weighted by Gasteiger charge is -2.22. The van der Waals surface area contributed by atoms with Crippen molar-refractivity contribution in [3.63, 3.8) is 0 Å². The Hall–Kier alpha value is -3.19. The monoisotopic (exact) mass is 380 g/mol. The van der Waals surface area contributed by atoms with E-state index in [-0.39, 0.29) is 24.9 Å². The zero-order valence-electron chi connectivity index (χ0n) is 15.6. The SMILES string of the molecule is NCCN(CCc1ccccc1)C(=O)c1cccc(CN2C(=O)CNC2=O)c1. The van der Waals surface area contributed by atoms with Gasteiger partial charge in [0.05, 0.1) is 13.1 Å². The lowest BCUT2D eigenvalue weighted by Crippen LogP contribution is -2.37. The molecule has 0 aromatic heterocycles. The fourth-order valence-corrected chi connectivity index (χ4v) is 3.16. The van der Waals surface area contributed by atoms with Crippen LogP contribution in [0.1, 0.15) is 21.5 Å². The van der Waals surface area contributed by atoms with Gasteiger partial charge in [-0.3, -0.25) is 14.5 Å². The first-order valence-electron chi connectivity index (χ1n) is 9.29. The lowest BCUT2D eigenvalue weighted by atomic mass is 10.1. The second kappa shape index (κ2) is 9.14. The van der Waals surface area contributed by atoms with Crippen LogP contribution in [-0.4, -0.2) is 53.8 Å². The smallest absolute Gasteiger partial charge is 0.324 e. The predicted octanol–water partition coefficient (Wildman–Crippen LogP) is 1.38. The number of benzene rings is 2. The van der Waals surface area contributed by atoms with Gasteiger partial charge in [-0.25, -0.2) is 4.79 Å². The molecule has 3 N–H and O–H groups in total. The number of amides is 4. The maximum absolute atomic E-state index is 13.0. The third-order valence-electron chi connectivity index (χ3n) is 4.65. The van der Waals surface area contributed by atoms with Crippen molar-refractivity contribution in [2.24, 2.45) is 5.73 Å². The minimum absolute atomic E-state index is 0.0151. The molecule has 0 bridgehead atoms. The summed E-state index contributed by atoms with van der Waals surface area (Å²) in [4.78, 5) is 39.4. The Labute approximate surface area is 164 Å². The molecule has 1 heterocycles. The quantitative estimate of drug-likeness (QED) is 0.677. The molecule has 7 heteroatoms. The highest BCUT2D eigenvalue weighted by Gasteiger charge is 2.28. The van der Waals surface area contributed by atoms with Crippen LogP contribution < -0.4 is 11.1 Å². The standard InChI is InChI=1S/C21H24N4O3/c22-10-12-24(11-9-16-5-2-1-3-6-16)20(27)18-8-4-7-17(13-18)15-25-19(26)14-23-21(25)28/h1-8,13H,9-12,14-15,22H2,(H,23,28). The summed E-state index contributed by atoms with van der Waals surface area (Å²) in [6, 6.07) is 16.6. The van der Waals surface area contributed by atoms with Crippen LogP contribution in [0.5, 0.6) is 0 Å². The van der Waals surface area contributed by atoms with Crippen LogP contribution in [0.15, 0.2) is 54.6 Å². The molecule has 0 unspecified atom stereocenters. The van der Waals surface area contributed by atoms with E-state index in [4.69, 9.17) is 5.73 Å². The van der Waals surface area contributed by atoms with Crippen molar-refractivity contribution in [3.8, 4) is 0 Å². The van der Waals surface area contributed by atoms with E-state index in [9.17, 15) is 14.4 Å². The number of hydrogen-bond acceptors (Lipinski definition) is 4. The Morgan fingerprint density at radius 1 is 1.04 bits per heavy atom. The van der Waals surface area contributed by atoms with Crippen LogP contribution in [0.4, 0.5) is 4.79 Å². The van der Waals surface area contributed by atoms with Gasteiger partial charge in [0.1, 0.15) is 0 Å². The largest absolute Gasteiger partial charge is 0.337 e. The number of rotatable bonds is 8. The van der Waals surface area contributed by atoms with Crippen LogP contribution in [0, 0.1) is 0 Å². The van der Waals surface area contributed by atoms with Crippen molar-refractivity contribution in [1.82, 2.24) is 15.1 Å². The average Bonchev–Trinajstić information content (AvgIpc) is 3.03. The molecular formula is C21H24N4O3. The minimum atomic E-state index is -0.408. The van der Waals surface area contributed by atoms with E-state index < -0.39 is 6.03 Å². The molecule has 1 aliphatic heterocycles.